The molecular weight excluding hydrogens is 300 g/mol. The summed E-state index contributed by atoms with van der Waals surface area (Å²) in [6.07, 6.45) is 4.04. The van der Waals surface area contributed by atoms with E-state index in [4.69, 9.17) is 0 Å². The van der Waals surface area contributed by atoms with E-state index in [0.717, 1.165) is 49.5 Å². The zero-order chi connectivity index (χ0) is 16.4. The first kappa shape index (κ1) is 15.3. The molecule has 5 nitrogen and oxygen atoms in total. The molecule has 1 aliphatic heterocycles. The van der Waals surface area contributed by atoms with Gasteiger partial charge in [0.15, 0.2) is 5.65 Å². The van der Waals surface area contributed by atoms with Gasteiger partial charge < -0.3 is 9.67 Å². The predicted molar refractivity (Wildman–Crippen MR) is 93.4 cm³/mol. The van der Waals surface area contributed by atoms with Crippen LogP contribution in [0.4, 0.5) is 0 Å². The van der Waals surface area contributed by atoms with Gasteiger partial charge in [0.1, 0.15) is 17.9 Å². The maximum Gasteiger partial charge on any atom is 0.160 e. The minimum absolute atomic E-state index is 0.0501. The Morgan fingerprint density at radius 3 is 2.83 bits per heavy atom. The van der Waals surface area contributed by atoms with Crippen molar-refractivity contribution in [3.05, 3.63) is 60.0 Å². The molecule has 0 bridgehead atoms. The summed E-state index contributed by atoms with van der Waals surface area (Å²) in [6.45, 7) is 2.99. The summed E-state index contributed by atoms with van der Waals surface area (Å²) in [5, 5.41) is 9.73. The summed E-state index contributed by atoms with van der Waals surface area (Å²) < 4.78 is 2.15. The number of hydrogen-bond donors (Lipinski definition) is 1. The van der Waals surface area contributed by atoms with E-state index in [1.807, 2.05) is 12.1 Å². The van der Waals surface area contributed by atoms with Crippen molar-refractivity contribution < 1.29 is 5.11 Å². The summed E-state index contributed by atoms with van der Waals surface area (Å²) in [4.78, 5) is 11.5. The molecule has 124 valence electrons. The van der Waals surface area contributed by atoms with E-state index in [1.54, 1.807) is 6.20 Å². The van der Waals surface area contributed by atoms with E-state index >= 15 is 0 Å². The lowest BCUT2D eigenvalue weighted by molar-refractivity contribution is 0.165. The second-order valence-electron chi connectivity index (χ2n) is 6.42. The van der Waals surface area contributed by atoms with Gasteiger partial charge in [0.2, 0.25) is 0 Å². The second-order valence-corrected chi connectivity index (χ2v) is 6.42. The maximum atomic E-state index is 9.73. The van der Waals surface area contributed by atoms with Crippen LogP contribution in [0.15, 0.2) is 48.7 Å². The standard InChI is InChI=1S/C19H22N4O/c24-14-18-21-17-9-4-10-20-19(17)23(18)16-8-5-11-22(13-16)12-15-6-2-1-3-7-15/h1-4,6-7,9-10,16,24H,5,8,11-14H2. The van der Waals surface area contributed by atoms with Crippen LogP contribution in [0.25, 0.3) is 11.2 Å². The van der Waals surface area contributed by atoms with Gasteiger partial charge in [-0.05, 0) is 37.1 Å². The quantitative estimate of drug-likeness (QED) is 0.802. The molecule has 1 saturated heterocycles. The first-order valence-corrected chi connectivity index (χ1v) is 8.54. The predicted octanol–water partition coefficient (Wildman–Crippen LogP) is 2.76. The van der Waals surface area contributed by atoms with Gasteiger partial charge in [-0.25, -0.2) is 9.97 Å². The minimum Gasteiger partial charge on any atom is -0.388 e. The molecule has 1 atom stereocenters. The number of hydrogen-bond acceptors (Lipinski definition) is 4. The van der Waals surface area contributed by atoms with Crippen molar-refractivity contribution in [2.24, 2.45) is 0 Å². The second kappa shape index (κ2) is 6.71. The van der Waals surface area contributed by atoms with Crippen LogP contribution in [0, 0.1) is 0 Å². The van der Waals surface area contributed by atoms with E-state index in [9.17, 15) is 5.11 Å². The normalized spacial score (nSPS) is 19.0. The molecule has 5 heteroatoms. The van der Waals surface area contributed by atoms with Gasteiger partial charge in [-0.3, -0.25) is 4.90 Å². The fourth-order valence-corrected chi connectivity index (χ4v) is 3.70. The van der Waals surface area contributed by atoms with Gasteiger partial charge in [-0.1, -0.05) is 30.3 Å². The Hall–Kier alpha value is -2.24. The van der Waals surface area contributed by atoms with Crippen molar-refractivity contribution in [3.63, 3.8) is 0 Å². The van der Waals surface area contributed by atoms with E-state index in [2.05, 4.69) is 49.8 Å². The molecule has 0 amide bonds. The van der Waals surface area contributed by atoms with Crippen LogP contribution in [0.2, 0.25) is 0 Å². The Balaban J connectivity index is 1.60. The fraction of sp³-hybridized carbons (Fsp3) is 0.368. The van der Waals surface area contributed by atoms with Gasteiger partial charge in [0, 0.05) is 25.3 Å². The minimum atomic E-state index is -0.0501. The molecule has 24 heavy (non-hydrogen) atoms. The van der Waals surface area contributed by atoms with Gasteiger partial charge >= 0.3 is 0 Å². The molecule has 3 aromatic rings. The van der Waals surface area contributed by atoms with Crippen molar-refractivity contribution in [1.29, 1.82) is 0 Å². The number of nitrogens with zero attached hydrogens (tertiary/aromatic N) is 4. The number of fused-ring (bicyclic) bond motifs is 1. The number of rotatable bonds is 4. The topological polar surface area (TPSA) is 54.2 Å². The SMILES string of the molecule is OCc1nc2cccnc2n1C1CCCN(Cc2ccccc2)C1. The van der Waals surface area contributed by atoms with Crippen LogP contribution in [0.1, 0.15) is 30.3 Å². The first-order chi connectivity index (χ1) is 11.8. The number of pyridine rings is 1. The smallest absolute Gasteiger partial charge is 0.160 e. The summed E-state index contributed by atoms with van der Waals surface area (Å²) >= 11 is 0. The highest BCUT2D eigenvalue weighted by atomic mass is 16.3. The Labute approximate surface area is 141 Å². The molecular formula is C19H22N4O. The molecule has 1 aromatic carbocycles. The molecule has 1 aliphatic rings. The third kappa shape index (κ3) is 2.92. The van der Waals surface area contributed by atoms with Crippen LogP contribution < -0.4 is 0 Å². The molecule has 2 aromatic heterocycles. The third-order valence-corrected chi connectivity index (χ3v) is 4.76. The lowest BCUT2D eigenvalue weighted by Crippen LogP contribution is -2.36. The Morgan fingerprint density at radius 1 is 1.12 bits per heavy atom. The van der Waals surface area contributed by atoms with Crippen molar-refractivity contribution in [2.45, 2.75) is 32.0 Å². The molecule has 0 radical (unpaired) electrons. The van der Waals surface area contributed by atoms with Crippen LogP contribution in [0.5, 0.6) is 0 Å². The Morgan fingerprint density at radius 2 is 2.00 bits per heavy atom. The Bertz CT molecular complexity index is 815. The summed E-state index contributed by atoms with van der Waals surface area (Å²) in [5.41, 5.74) is 3.09. The van der Waals surface area contributed by atoms with Gasteiger partial charge in [0.05, 0.1) is 0 Å². The molecule has 0 spiro atoms. The van der Waals surface area contributed by atoms with Crippen LogP contribution in [-0.4, -0.2) is 37.6 Å². The van der Waals surface area contributed by atoms with Gasteiger partial charge in [0.25, 0.3) is 0 Å². The highest BCUT2D eigenvalue weighted by Gasteiger charge is 2.25. The van der Waals surface area contributed by atoms with Crippen LogP contribution in [0.3, 0.4) is 0 Å². The summed E-state index contributed by atoms with van der Waals surface area (Å²) in [5.74, 6) is 0.718. The van der Waals surface area contributed by atoms with E-state index in [-0.39, 0.29) is 6.61 Å². The number of imidazole rings is 1. The van der Waals surface area contributed by atoms with Crippen molar-refractivity contribution in [2.75, 3.05) is 13.1 Å². The fourth-order valence-electron chi connectivity index (χ4n) is 3.70. The molecule has 1 unspecified atom stereocenters. The highest BCUT2D eigenvalue weighted by molar-refractivity contribution is 5.71. The maximum absolute atomic E-state index is 9.73. The van der Waals surface area contributed by atoms with Crippen LogP contribution in [-0.2, 0) is 13.2 Å². The molecule has 0 aliphatic carbocycles. The number of likely N-dealkylation sites (tertiary alicyclic amines) is 1. The first-order valence-electron chi connectivity index (χ1n) is 8.54. The highest BCUT2D eigenvalue weighted by Crippen LogP contribution is 2.27. The molecule has 4 rings (SSSR count). The molecule has 0 saturated carbocycles. The third-order valence-electron chi connectivity index (χ3n) is 4.76. The summed E-state index contributed by atoms with van der Waals surface area (Å²) in [7, 11) is 0. The average molecular weight is 322 g/mol. The number of piperidine rings is 1. The van der Waals surface area contributed by atoms with E-state index in [0.29, 0.717) is 6.04 Å². The molecule has 1 N–H and O–H groups in total. The van der Waals surface area contributed by atoms with Crippen molar-refractivity contribution in [1.82, 2.24) is 19.4 Å². The Kier molecular flexibility index (Phi) is 4.28. The lowest BCUT2D eigenvalue weighted by Gasteiger charge is -2.34. The number of aliphatic hydroxyl groups excluding tert-OH is 1. The zero-order valence-corrected chi connectivity index (χ0v) is 13.7. The van der Waals surface area contributed by atoms with E-state index in [1.165, 1.54) is 5.56 Å². The number of aliphatic hydroxyl groups is 1. The number of aromatic nitrogens is 3. The lowest BCUT2D eigenvalue weighted by atomic mass is 10.0. The van der Waals surface area contributed by atoms with Gasteiger partial charge in [-0.2, -0.15) is 0 Å². The van der Waals surface area contributed by atoms with Gasteiger partial charge in [-0.15, -0.1) is 0 Å². The van der Waals surface area contributed by atoms with Crippen molar-refractivity contribution >= 4 is 11.2 Å². The zero-order valence-electron chi connectivity index (χ0n) is 13.7. The summed E-state index contributed by atoms with van der Waals surface area (Å²) in [6, 6.07) is 14.8. The molecule has 1 fully saturated rings. The average Bonchev–Trinajstić information content (AvgIpc) is 3.01. The largest absolute Gasteiger partial charge is 0.388 e. The molecule has 3 heterocycles. The number of benzene rings is 1. The van der Waals surface area contributed by atoms with Crippen LogP contribution >= 0.6 is 0 Å². The monoisotopic (exact) mass is 322 g/mol. The van der Waals surface area contributed by atoms with E-state index < -0.39 is 0 Å². The van der Waals surface area contributed by atoms with Crippen molar-refractivity contribution in [3.8, 4) is 0 Å².